The summed E-state index contributed by atoms with van der Waals surface area (Å²) < 4.78 is 10.5. The largest absolute Gasteiger partial charge is 0.466 e. The minimum atomic E-state index is -0.859. The minimum absolute atomic E-state index is 0.132. The van der Waals surface area contributed by atoms with Crippen molar-refractivity contribution in [1.82, 2.24) is 5.32 Å². The summed E-state index contributed by atoms with van der Waals surface area (Å²) in [5.41, 5.74) is 1.80. The Morgan fingerprint density at radius 2 is 1.81 bits per heavy atom. The first kappa shape index (κ1) is 23.2. The van der Waals surface area contributed by atoms with Gasteiger partial charge < -0.3 is 14.8 Å². The lowest BCUT2D eigenvalue weighted by Gasteiger charge is -2.43. The second-order valence-corrected chi connectivity index (χ2v) is 11.0. The number of carbonyl (C=O) groups excluding carboxylic acids is 2. The maximum absolute atomic E-state index is 13.4. The van der Waals surface area contributed by atoms with Crippen LogP contribution in [0.2, 0.25) is 0 Å². The Kier molecular flexibility index (Phi) is 6.70. The van der Waals surface area contributed by atoms with Crippen molar-refractivity contribution in [1.29, 1.82) is 0 Å². The number of methoxy groups -OCH3 is 1. The summed E-state index contributed by atoms with van der Waals surface area (Å²) in [6.45, 7) is 7.41. The summed E-state index contributed by atoms with van der Waals surface area (Å²) in [4.78, 5) is 36.9. The van der Waals surface area contributed by atoms with Crippen molar-refractivity contribution in [3.05, 3.63) is 62.5 Å². The molecule has 1 aromatic rings. The number of nitrogens with zero attached hydrogens (tertiary/aromatic N) is 1. The van der Waals surface area contributed by atoms with E-state index in [0.29, 0.717) is 28.0 Å². The lowest BCUT2D eigenvalue weighted by atomic mass is 9.80. The average Bonchev–Trinajstić information content (AvgIpc) is 2.71. The van der Waals surface area contributed by atoms with Gasteiger partial charge in [-0.25, -0.2) is 9.59 Å². The van der Waals surface area contributed by atoms with Gasteiger partial charge in [-0.2, -0.15) is 0 Å². The number of esters is 2. The number of thioether (sulfide) groups is 2. The molecule has 166 valence electrons. The van der Waals surface area contributed by atoms with Gasteiger partial charge in [0, 0.05) is 29.9 Å². The third kappa shape index (κ3) is 4.45. The van der Waals surface area contributed by atoms with Gasteiger partial charge in [0.05, 0.1) is 33.7 Å². The molecule has 1 unspecified atom stereocenters. The standard InChI is InChI=1S/C21H24N2O6S2/c1-6-21(30-13(4)31-21)29-20(25)17-12(3)22-11(2)16(19(24)28-5)18(17)14-8-7-9-15(10-14)23(26)27/h7-10,13,18,22H,6H2,1-5H3. The third-order valence-corrected chi connectivity index (χ3v) is 8.45. The summed E-state index contributed by atoms with van der Waals surface area (Å²) in [6.07, 6.45) is 0.623. The maximum atomic E-state index is 13.4. The molecular formula is C21H24N2O6S2. The molecule has 1 saturated heterocycles. The molecule has 2 aliphatic heterocycles. The van der Waals surface area contributed by atoms with Crippen molar-refractivity contribution < 1.29 is 24.0 Å². The molecule has 31 heavy (non-hydrogen) atoms. The Morgan fingerprint density at radius 3 is 2.32 bits per heavy atom. The zero-order valence-corrected chi connectivity index (χ0v) is 19.5. The van der Waals surface area contributed by atoms with Gasteiger partial charge in [0.1, 0.15) is 0 Å². The molecule has 3 rings (SSSR count). The van der Waals surface area contributed by atoms with Crippen LogP contribution < -0.4 is 5.32 Å². The van der Waals surface area contributed by atoms with Crippen molar-refractivity contribution in [2.45, 2.75) is 48.9 Å². The van der Waals surface area contributed by atoms with E-state index in [1.165, 1.54) is 25.3 Å². The highest BCUT2D eigenvalue weighted by Gasteiger charge is 2.48. The van der Waals surface area contributed by atoms with Crippen LogP contribution in [0.1, 0.15) is 45.6 Å². The van der Waals surface area contributed by atoms with Gasteiger partial charge in [0.15, 0.2) is 0 Å². The zero-order valence-electron chi connectivity index (χ0n) is 17.9. The predicted molar refractivity (Wildman–Crippen MR) is 120 cm³/mol. The Labute approximate surface area is 189 Å². The molecule has 10 heteroatoms. The summed E-state index contributed by atoms with van der Waals surface area (Å²) in [6, 6.07) is 5.93. The van der Waals surface area contributed by atoms with E-state index in [1.807, 2.05) is 13.8 Å². The lowest BCUT2D eigenvalue weighted by Crippen LogP contribution is -2.40. The molecule has 0 saturated carbocycles. The molecule has 1 aromatic carbocycles. The van der Waals surface area contributed by atoms with Crippen molar-refractivity contribution >= 4 is 41.1 Å². The monoisotopic (exact) mass is 464 g/mol. The number of hydrogen-bond acceptors (Lipinski definition) is 9. The molecule has 0 spiro atoms. The highest BCUT2D eigenvalue weighted by Crippen LogP contribution is 2.59. The summed E-state index contributed by atoms with van der Waals surface area (Å²) in [5, 5.41) is 14.4. The maximum Gasteiger partial charge on any atom is 0.338 e. The smallest absolute Gasteiger partial charge is 0.338 e. The number of nitro groups is 1. The van der Waals surface area contributed by atoms with E-state index in [4.69, 9.17) is 9.47 Å². The van der Waals surface area contributed by atoms with Crippen molar-refractivity contribution in [3.8, 4) is 0 Å². The van der Waals surface area contributed by atoms with E-state index >= 15 is 0 Å². The van der Waals surface area contributed by atoms with E-state index < -0.39 is 27.0 Å². The van der Waals surface area contributed by atoms with E-state index in [9.17, 15) is 19.7 Å². The number of ether oxygens (including phenoxy) is 2. The van der Waals surface area contributed by atoms with Crippen molar-refractivity contribution in [3.63, 3.8) is 0 Å². The molecule has 2 heterocycles. The van der Waals surface area contributed by atoms with Crippen LogP contribution >= 0.6 is 23.5 Å². The first-order valence-electron chi connectivity index (χ1n) is 9.72. The fraction of sp³-hybridized carbons (Fsp3) is 0.429. The van der Waals surface area contributed by atoms with E-state index in [-0.39, 0.29) is 16.8 Å². The summed E-state index contributed by atoms with van der Waals surface area (Å²) in [5.74, 6) is -2.04. The molecular weight excluding hydrogens is 440 g/mol. The van der Waals surface area contributed by atoms with Crippen molar-refractivity contribution in [2.75, 3.05) is 7.11 Å². The first-order valence-corrected chi connectivity index (χ1v) is 11.5. The van der Waals surface area contributed by atoms with Crippen LogP contribution in [-0.4, -0.2) is 32.8 Å². The van der Waals surface area contributed by atoms with Gasteiger partial charge in [-0.15, -0.1) is 0 Å². The van der Waals surface area contributed by atoms with Gasteiger partial charge in [0.25, 0.3) is 5.69 Å². The predicted octanol–water partition coefficient (Wildman–Crippen LogP) is 4.44. The number of benzene rings is 1. The van der Waals surface area contributed by atoms with Gasteiger partial charge >= 0.3 is 11.9 Å². The number of nitro benzene ring substituents is 1. The molecule has 0 aromatic heterocycles. The molecule has 8 nitrogen and oxygen atoms in total. The number of nitrogens with one attached hydrogen (secondary N) is 1. The SMILES string of the molecule is CCC1(OC(=O)C2=C(C)NC(C)=C(C(=O)OC)C2c2cccc([N+](=O)[O-])c2)SC(C)S1. The fourth-order valence-electron chi connectivity index (χ4n) is 3.79. The molecule has 0 bridgehead atoms. The number of hydrogen-bond donors (Lipinski definition) is 1. The summed E-state index contributed by atoms with van der Waals surface area (Å²) in [7, 11) is 1.26. The van der Waals surface area contributed by atoms with Crippen LogP contribution in [-0.2, 0) is 19.1 Å². The zero-order chi connectivity index (χ0) is 22.9. The normalized spacial score (nSPS) is 25.5. The molecule has 1 fully saturated rings. The van der Waals surface area contributed by atoms with Crippen LogP contribution in [0.3, 0.4) is 0 Å². The minimum Gasteiger partial charge on any atom is -0.466 e. The Balaban J connectivity index is 2.10. The Hall–Kier alpha value is -2.46. The van der Waals surface area contributed by atoms with Gasteiger partial charge in [-0.1, -0.05) is 42.6 Å². The second-order valence-electron chi connectivity index (χ2n) is 7.21. The average molecular weight is 465 g/mol. The molecule has 2 aliphatic rings. The number of dihydropyridines is 1. The Morgan fingerprint density at radius 1 is 1.19 bits per heavy atom. The van der Waals surface area contributed by atoms with Crippen LogP contribution in [0, 0.1) is 10.1 Å². The van der Waals surface area contributed by atoms with Crippen LogP contribution in [0.4, 0.5) is 5.69 Å². The highest BCUT2D eigenvalue weighted by atomic mass is 32.3. The number of non-ortho nitro benzene ring substituents is 1. The van der Waals surface area contributed by atoms with Gasteiger partial charge in [-0.3, -0.25) is 10.1 Å². The van der Waals surface area contributed by atoms with Gasteiger partial charge in [0.2, 0.25) is 4.27 Å². The third-order valence-electron chi connectivity index (χ3n) is 5.17. The van der Waals surface area contributed by atoms with E-state index in [1.54, 1.807) is 43.4 Å². The second kappa shape index (κ2) is 8.96. The van der Waals surface area contributed by atoms with Crippen LogP contribution in [0.15, 0.2) is 46.8 Å². The summed E-state index contributed by atoms with van der Waals surface area (Å²) >= 11 is 3.14. The number of allylic oxidation sites excluding steroid dienone is 2. The quantitative estimate of drug-likeness (QED) is 0.371. The molecule has 1 atom stereocenters. The van der Waals surface area contributed by atoms with Crippen molar-refractivity contribution in [2.24, 2.45) is 0 Å². The lowest BCUT2D eigenvalue weighted by molar-refractivity contribution is -0.384. The van der Waals surface area contributed by atoms with E-state index in [0.717, 1.165) is 0 Å². The number of carbonyl (C=O) groups is 2. The fourth-order valence-corrected chi connectivity index (χ4v) is 6.91. The molecule has 0 aliphatic carbocycles. The Bertz CT molecular complexity index is 997. The van der Waals surface area contributed by atoms with Gasteiger partial charge in [-0.05, 0) is 26.3 Å². The molecule has 0 radical (unpaired) electrons. The molecule has 0 amide bonds. The number of rotatable bonds is 6. The topological polar surface area (TPSA) is 108 Å². The first-order chi connectivity index (χ1) is 14.6. The molecule has 1 N–H and O–H groups in total. The van der Waals surface area contributed by atoms with Crippen LogP contribution in [0.25, 0.3) is 0 Å². The highest BCUT2D eigenvalue weighted by molar-refractivity contribution is 8.34. The van der Waals surface area contributed by atoms with E-state index in [2.05, 4.69) is 5.32 Å². The van der Waals surface area contributed by atoms with Crippen LogP contribution in [0.5, 0.6) is 0 Å².